The second-order valence-corrected chi connectivity index (χ2v) is 2.58. The first kappa shape index (κ1) is 10.9. The van der Waals surface area contributed by atoms with E-state index in [1.54, 1.807) is 14.2 Å². The topological polar surface area (TPSA) is 21.7 Å². The summed E-state index contributed by atoms with van der Waals surface area (Å²) in [5.74, 6) is 0. The zero-order valence-corrected chi connectivity index (χ0v) is 7.80. The maximum Gasteiger partial charge on any atom is 0.100 e. The molecule has 0 atom stereocenters. The van der Waals surface area contributed by atoms with E-state index in [4.69, 9.17) is 9.47 Å². The van der Waals surface area contributed by atoms with Crippen LogP contribution in [0.15, 0.2) is 0 Å². The lowest BCUT2D eigenvalue weighted by Gasteiger charge is -2.19. The highest BCUT2D eigenvalue weighted by Crippen LogP contribution is 1.94. The molecule has 0 unspecified atom stereocenters. The fourth-order valence-corrected chi connectivity index (χ4v) is 0.913. The molecule has 0 aromatic carbocycles. The molecule has 0 rings (SSSR count). The van der Waals surface area contributed by atoms with Crippen LogP contribution in [0.1, 0.15) is 19.8 Å². The van der Waals surface area contributed by atoms with Crippen molar-refractivity contribution in [2.45, 2.75) is 19.8 Å². The molecule has 3 nitrogen and oxygen atoms in total. The second-order valence-electron chi connectivity index (χ2n) is 2.58. The van der Waals surface area contributed by atoms with E-state index in [-0.39, 0.29) is 0 Å². The molecule has 0 radical (unpaired) electrons. The Hall–Kier alpha value is -0.120. The SMILES string of the molecule is CCCCN(COC)COC. The Labute approximate surface area is 69.3 Å². The van der Waals surface area contributed by atoms with Crippen LogP contribution in [0.3, 0.4) is 0 Å². The summed E-state index contributed by atoms with van der Waals surface area (Å²) in [6.07, 6.45) is 2.41. The van der Waals surface area contributed by atoms with Crippen molar-refractivity contribution in [3.63, 3.8) is 0 Å². The molecule has 0 heterocycles. The van der Waals surface area contributed by atoms with Crippen LogP contribution < -0.4 is 0 Å². The third-order valence-electron chi connectivity index (χ3n) is 1.45. The van der Waals surface area contributed by atoms with Crippen LogP contribution in [0.2, 0.25) is 0 Å². The summed E-state index contributed by atoms with van der Waals surface area (Å²) < 4.78 is 10.00. The van der Waals surface area contributed by atoms with Gasteiger partial charge in [-0.15, -0.1) is 0 Å². The number of rotatable bonds is 7. The van der Waals surface area contributed by atoms with E-state index in [9.17, 15) is 0 Å². The second kappa shape index (κ2) is 7.98. The summed E-state index contributed by atoms with van der Waals surface area (Å²) in [4.78, 5) is 2.13. The molecule has 0 N–H and O–H groups in total. The summed E-state index contributed by atoms with van der Waals surface area (Å²) in [5.41, 5.74) is 0. The monoisotopic (exact) mass is 161 g/mol. The van der Waals surface area contributed by atoms with Crippen molar-refractivity contribution >= 4 is 0 Å². The minimum absolute atomic E-state index is 0.661. The highest BCUT2D eigenvalue weighted by molar-refractivity contribution is 4.46. The molecule has 0 fully saturated rings. The Kier molecular flexibility index (Phi) is 7.89. The maximum absolute atomic E-state index is 5.00. The normalized spacial score (nSPS) is 10.9. The zero-order valence-electron chi connectivity index (χ0n) is 7.80. The Bertz CT molecular complexity index is 72.5. The van der Waals surface area contributed by atoms with Crippen LogP contribution in [0.5, 0.6) is 0 Å². The first-order valence-corrected chi connectivity index (χ1v) is 4.05. The standard InChI is InChI=1S/C8H19NO2/c1-4-5-6-9(7-10-2)8-11-3/h4-8H2,1-3H3. The fraction of sp³-hybridized carbons (Fsp3) is 1.00. The van der Waals surface area contributed by atoms with E-state index in [0.29, 0.717) is 13.5 Å². The van der Waals surface area contributed by atoms with Crippen LogP contribution in [-0.2, 0) is 9.47 Å². The summed E-state index contributed by atoms with van der Waals surface area (Å²) in [6.45, 7) is 4.55. The van der Waals surface area contributed by atoms with E-state index in [0.717, 1.165) is 6.54 Å². The van der Waals surface area contributed by atoms with Crippen LogP contribution >= 0.6 is 0 Å². The van der Waals surface area contributed by atoms with Crippen molar-refractivity contribution in [3.05, 3.63) is 0 Å². The van der Waals surface area contributed by atoms with E-state index < -0.39 is 0 Å². The fourth-order valence-electron chi connectivity index (χ4n) is 0.913. The number of unbranched alkanes of at least 4 members (excludes halogenated alkanes) is 1. The smallest absolute Gasteiger partial charge is 0.100 e. The summed E-state index contributed by atoms with van der Waals surface area (Å²) in [6, 6.07) is 0. The largest absolute Gasteiger partial charge is 0.369 e. The number of ether oxygens (including phenoxy) is 2. The van der Waals surface area contributed by atoms with Crippen molar-refractivity contribution < 1.29 is 9.47 Å². The van der Waals surface area contributed by atoms with Crippen LogP contribution in [-0.4, -0.2) is 39.1 Å². The lowest BCUT2D eigenvalue weighted by molar-refractivity contribution is -0.0138. The highest BCUT2D eigenvalue weighted by Gasteiger charge is 2.00. The van der Waals surface area contributed by atoms with Crippen molar-refractivity contribution in [2.24, 2.45) is 0 Å². The van der Waals surface area contributed by atoms with Gasteiger partial charge < -0.3 is 9.47 Å². The van der Waals surface area contributed by atoms with Crippen molar-refractivity contribution in [1.29, 1.82) is 0 Å². The van der Waals surface area contributed by atoms with Gasteiger partial charge in [0.25, 0.3) is 0 Å². The lowest BCUT2D eigenvalue weighted by Crippen LogP contribution is -2.28. The van der Waals surface area contributed by atoms with Crippen molar-refractivity contribution in [3.8, 4) is 0 Å². The van der Waals surface area contributed by atoms with Crippen LogP contribution in [0, 0.1) is 0 Å². The third-order valence-corrected chi connectivity index (χ3v) is 1.45. The molecular formula is C8H19NO2. The average Bonchev–Trinajstić information content (AvgIpc) is 2.01. The average molecular weight is 161 g/mol. The molecule has 3 heteroatoms. The molecule has 0 spiro atoms. The van der Waals surface area contributed by atoms with Gasteiger partial charge in [0, 0.05) is 20.8 Å². The Morgan fingerprint density at radius 3 is 2.00 bits per heavy atom. The minimum Gasteiger partial charge on any atom is -0.369 e. The lowest BCUT2D eigenvalue weighted by atomic mass is 10.3. The molecule has 0 aliphatic heterocycles. The molecule has 68 valence electrons. The first-order valence-electron chi connectivity index (χ1n) is 4.05. The molecule has 0 aliphatic carbocycles. The van der Waals surface area contributed by atoms with Gasteiger partial charge in [0.15, 0.2) is 0 Å². The van der Waals surface area contributed by atoms with Crippen LogP contribution in [0.25, 0.3) is 0 Å². The molecule has 0 amide bonds. The van der Waals surface area contributed by atoms with E-state index in [2.05, 4.69) is 11.8 Å². The Morgan fingerprint density at radius 1 is 1.09 bits per heavy atom. The van der Waals surface area contributed by atoms with Gasteiger partial charge in [-0.2, -0.15) is 0 Å². The summed E-state index contributed by atoms with van der Waals surface area (Å²) >= 11 is 0. The van der Waals surface area contributed by atoms with Gasteiger partial charge in [-0.25, -0.2) is 0 Å². The molecule has 0 saturated heterocycles. The number of hydrogen-bond acceptors (Lipinski definition) is 3. The number of methoxy groups -OCH3 is 2. The van der Waals surface area contributed by atoms with Crippen molar-refractivity contribution in [1.82, 2.24) is 4.90 Å². The quantitative estimate of drug-likeness (QED) is 0.525. The number of hydrogen-bond donors (Lipinski definition) is 0. The molecule has 0 saturated carbocycles. The van der Waals surface area contributed by atoms with Gasteiger partial charge >= 0.3 is 0 Å². The van der Waals surface area contributed by atoms with Gasteiger partial charge in [-0.05, 0) is 6.42 Å². The molecule has 0 bridgehead atoms. The highest BCUT2D eigenvalue weighted by atomic mass is 16.5. The molecule has 11 heavy (non-hydrogen) atoms. The molecular weight excluding hydrogens is 142 g/mol. The first-order chi connectivity index (χ1) is 5.35. The Morgan fingerprint density at radius 2 is 1.64 bits per heavy atom. The molecule has 0 aliphatic rings. The van der Waals surface area contributed by atoms with E-state index in [1.165, 1.54) is 12.8 Å². The van der Waals surface area contributed by atoms with Gasteiger partial charge in [-0.1, -0.05) is 13.3 Å². The van der Waals surface area contributed by atoms with E-state index in [1.807, 2.05) is 0 Å². The third kappa shape index (κ3) is 6.28. The van der Waals surface area contributed by atoms with Crippen LogP contribution in [0.4, 0.5) is 0 Å². The summed E-state index contributed by atoms with van der Waals surface area (Å²) in [5, 5.41) is 0. The van der Waals surface area contributed by atoms with E-state index >= 15 is 0 Å². The molecule has 0 aromatic heterocycles. The van der Waals surface area contributed by atoms with Gasteiger partial charge in [-0.3, -0.25) is 4.90 Å². The zero-order chi connectivity index (χ0) is 8.53. The van der Waals surface area contributed by atoms with Gasteiger partial charge in [0.1, 0.15) is 13.5 Å². The predicted molar refractivity (Wildman–Crippen MR) is 45.4 cm³/mol. The Balaban J connectivity index is 3.34. The van der Waals surface area contributed by atoms with Crippen molar-refractivity contribution in [2.75, 3.05) is 34.2 Å². The number of nitrogens with zero attached hydrogens (tertiary/aromatic N) is 1. The summed E-state index contributed by atoms with van der Waals surface area (Å²) in [7, 11) is 3.41. The van der Waals surface area contributed by atoms with Gasteiger partial charge in [0.05, 0.1) is 0 Å². The predicted octanol–water partition coefficient (Wildman–Crippen LogP) is 1.30. The minimum atomic E-state index is 0.661. The maximum atomic E-state index is 5.00. The molecule has 0 aromatic rings. The van der Waals surface area contributed by atoms with Gasteiger partial charge in [0.2, 0.25) is 0 Å².